The van der Waals surface area contributed by atoms with Crippen LogP contribution < -0.4 is 20.9 Å². The Kier molecular flexibility index (Phi) is 6.15. The van der Waals surface area contributed by atoms with Gasteiger partial charge in [-0.15, -0.1) is 0 Å². The Morgan fingerprint density at radius 2 is 1.67 bits per heavy atom. The minimum absolute atomic E-state index is 0.138. The van der Waals surface area contributed by atoms with Crippen molar-refractivity contribution in [2.75, 3.05) is 16.6 Å². The van der Waals surface area contributed by atoms with E-state index in [9.17, 15) is 13.2 Å². The van der Waals surface area contributed by atoms with Gasteiger partial charge in [0.05, 0.1) is 16.0 Å². The van der Waals surface area contributed by atoms with Crippen LogP contribution in [0.1, 0.15) is 0 Å². The summed E-state index contributed by atoms with van der Waals surface area (Å²) in [4.78, 5) is 12.6. The lowest BCUT2D eigenvalue weighted by Gasteiger charge is -2.19. The van der Waals surface area contributed by atoms with E-state index in [2.05, 4.69) is 20.9 Å². The lowest BCUT2D eigenvalue weighted by Crippen LogP contribution is -2.45. The predicted octanol–water partition coefficient (Wildman–Crippen LogP) is 3.08. The van der Waals surface area contributed by atoms with E-state index in [1.807, 2.05) is 0 Å². The SMILES string of the molecule is O=C(Nc1ccc(Cl)c(Cl)c1)C1CNNC1S(=O)(=O)Nc1ccc(Cl)cc1. The van der Waals surface area contributed by atoms with Gasteiger partial charge in [-0.1, -0.05) is 34.8 Å². The number of benzene rings is 2. The van der Waals surface area contributed by atoms with Gasteiger partial charge in [0.2, 0.25) is 5.91 Å². The fourth-order valence-corrected chi connectivity index (χ4v) is 4.46. The molecule has 1 amide bonds. The summed E-state index contributed by atoms with van der Waals surface area (Å²) >= 11 is 17.6. The van der Waals surface area contributed by atoms with E-state index >= 15 is 0 Å². The maximum absolute atomic E-state index is 12.7. The van der Waals surface area contributed by atoms with E-state index < -0.39 is 27.2 Å². The lowest BCUT2D eigenvalue weighted by molar-refractivity contribution is -0.119. The number of halogens is 3. The molecule has 0 saturated carbocycles. The highest BCUT2D eigenvalue weighted by Crippen LogP contribution is 2.26. The van der Waals surface area contributed by atoms with Crippen molar-refractivity contribution < 1.29 is 13.2 Å². The van der Waals surface area contributed by atoms with Crippen molar-refractivity contribution in [1.29, 1.82) is 0 Å². The van der Waals surface area contributed by atoms with Gasteiger partial charge < -0.3 is 5.32 Å². The Bertz CT molecular complexity index is 954. The van der Waals surface area contributed by atoms with Crippen LogP contribution in [-0.4, -0.2) is 26.2 Å². The zero-order valence-electron chi connectivity index (χ0n) is 13.7. The van der Waals surface area contributed by atoms with Crippen LogP contribution in [0.2, 0.25) is 15.1 Å². The van der Waals surface area contributed by atoms with Crippen LogP contribution in [0.15, 0.2) is 42.5 Å². The van der Waals surface area contributed by atoms with E-state index in [1.54, 1.807) is 24.3 Å². The highest BCUT2D eigenvalue weighted by molar-refractivity contribution is 7.93. The molecule has 1 heterocycles. The monoisotopic (exact) mass is 448 g/mol. The van der Waals surface area contributed by atoms with Gasteiger partial charge in [-0.05, 0) is 42.5 Å². The summed E-state index contributed by atoms with van der Waals surface area (Å²) in [6.45, 7) is 0.138. The fourth-order valence-electron chi connectivity index (χ4n) is 2.56. The van der Waals surface area contributed by atoms with Crippen molar-refractivity contribution >= 4 is 62.1 Å². The molecule has 4 N–H and O–H groups in total. The molecule has 1 aliphatic heterocycles. The average Bonchev–Trinajstić information content (AvgIpc) is 3.11. The quantitative estimate of drug-likeness (QED) is 0.562. The Balaban J connectivity index is 1.74. The molecule has 2 atom stereocenters. The number of carbonyl (C=O) groups excluding carboxylic acids is 1. The van der Waals surface area contributed by atoms with E-state index in [0.29, 0.717) is 21.4 Å². The fraction of sp³-hybridized carbons (Fsp3) is 0.188. The van der Waals surface area contributed by atoms with Gasteiger partial charge in [-0.3, -0.25) is 14.9 Å². The first kappa shape index (κ1) is 20.2. The first-order valence-corrected chi connectivity index (χ1v) is 10.5. The Hall–Kier alpha value is -1.55. The average molecular weight is 450 g/mol. The highest BCUT2D eigenvalue weighted by Gasteiger charge is 2.41. The third kappa shape index (κ3) is 4.84. The number of amides is 1. The van der Waals surface area contributed by atoms with E-state index in [4.69, 9.17) is 34.8 Å². The van der Waals surface area contributed by atoms with Gasteiger partial charge in [-0.2, -0.15) is 0 Å². The summed E-state index contributed by atoms with van der Waals surface area (Å²) < 4.78 is 27.8. The minimum atomic E-state index is -3.90. The number of rotatable bonds is 5. The maximum atomic E-state index is 12.7. The summed E-state index contributed by atoms with van der Waals surface area (Å²) in [5.74, 6) is -1.35. The molecule has 0 bridgehead atoms. The van der Waals surface area contributed by atoms with Crippen molar-refractivity contribution in [2.45, 2.75) is 5.37 Å². The van der Waals surface area contributed by atoms with Crippen molar-refractivity contribution in [3.05, 3.63) is 57.5 Å². The van der Waals surface area contributed by atoms with Gasteiger partial charge >= 0.3 is 0 Å². The number of hydrazine groups is 1. The molecule has 7 nitrogen and oxygen atoms in total. The normalized spacial score (nSPS) is 19.7. The zero-order valence-corrected chi connectivity index (χ0v) is 16.8. The molecule has 1 aliphatic rings. The molecule has 0 aliphatic carbocycles. The Labute approximate surface area is 171 Å². The van der Waals surface area contributed by atoms with Crippen LogP contribution in [0.5, 0.6) is 0 Å². The number of carbonyl (C=O) groups is 1. The van der Waals surface area contributed by atoms with E-state index in [1.165, 1.54) is 18.2 Å². The Morgan fingerprint density at radius 3 is 2.33 bits per heavy atom. The van der Waals surface area contributed by atoms with Crippen molar-refractivity contribution in [1.82, 2.24) is 10.9 Å². The Morgan fingerprint density at radius 1 is 1.00 bits per heavy atom. The maximum Gasteiger partial charge on any atom is 0.250 e. The van der Waals surface area contributed by atoms with Crippen LogP contribution in [0.25, 0.3) is 0 Å². The van der Waals surface area contributed by atoms with E-state index in [-0.39, 0.29) is 11.6 Å². The largest absolute Gasteiger partial charge is 0.326 e. The standard InChI is InChI=1S/C16H15Cl3N4O3S/c17-9-1-3-10(4-2-9)23-27(25,26)16-12(8-20-22-16)15(24)21-11-5-6-13(18)14(19)7-11/h1-7,12,16,20,22-23H,8H2,(H,21,24). The lowest BCUT2D eigenvalue weighted by atomic mass is 10.1. The second kappa shape index (κ2) is 8.22. The topological polar surface area (TPSA) is 99.3 Å². The summed E-state index contributed by atoms with van der Waals surface area (Å²) in [5.41, 5.74) is 6.11. The minimum Gasteiger partial charge on any atom is -0.326 e. The van der Waals surface area contributed by atoms with Gasteiger partial charge in [0.1, 0.15) is 0 Å². The van der Waals surface area contributed by atoms with Crippen molar-refractivity contribution in [3.8, 4) is 0 Å². The molecular weight excluding hydrogens is 435 g/mol. The van der Waals surface area contributed by atoms with Crippen LogP contribution in [0.3, 0.4) is 0 Å². The molecule has 144 valence electrons. The smallest absolute Gasteiger partial charge is 0.250 e. The zero-order chi connectivity index (χ0) is 19.6. The number of sulfonamides is 1. The van der Waals surface area contributed by atoms with Gasteiger partial charge in [-0.25, -0.2) is 13.8 Å². The molecule has 2 aromatic rings. The molecule has 11 heteroatoms. The second-order valence-electron chi connectivity index (χ2n) is 5.82. The molecule has 0 aromatic heterocycles. The number of hydrogen-bond acceptors (Lipinski definition) is 5. The summed E-state index contributed by atoms with van der Waals surface area (Å²) in [6.07, 6.45) is 0. The van der Waals surface area contributed by atoms with Crippen LogP contribution >= 0.6 is 34.8 Å². The number of nitrogens with one attached hydrogen (secondary N) is 4. The van der Waals surface area contributed by atoms with Gasteiger partial charge in [0.25, 0.3) is 10.0 Å². The molecule has 0 spiro atoms. The van der Waals surface area contributed by atoms with Gasteiger partial charge in [0.15, 0.2) is 5.37 Å². The van der Waals surface area contributed by atoms with Crippen molar-refractivity contribution in [2.24, 2.45) is 5.92 Å². The molecule has 1 fully saturated rings. The van der Waals surface area contributed by atoms with Gasteiger partial charge in [0, 0.05) is 22.9 Å². The molecule has 2 unspecified atom stereocenters. The van der Waals surface area contributed by atoms with Crippen LogP contribution in [0.4, 0.5) is 11.4 Å². The second-order valence-corrected chi connectivity index (χ2v) is 8.88. The predicted molar refractivity (Wildman–Crippen MR) is 108 cm³/mol. The molecule has 3 rings (SSSR count). The summed E-state index contributed by atoms with van der Waals surface area (Å²) in [5, 5.41) is 2.60. The van der Waals surface area contributed by atoms with Crippen molar-refractivity contribution in [3.63, 3.8) is 0 Å². The molecule has 2 aromatic carbocycles. The first-order chi connectivity index (χ1) is 12.8. The summed E-state index contributed by atoms with van der Waals surface area (Å²) in [7, 11) is -3.90. The van der Waals surface area contributed by atoms with E-state index in [0.717, 1.165) is 0 Å². The number of hydrogen-bond donors (Lipinski definition) is 4. The molecule has 27 heavy (non-hydrogen) atoms. The molecule has 0 radical (unpaired) electrons. The third-order valence-electron chi connectivity index (χ3n) is 3.89. The van der Waals surface area contributed by atoms with Crippen LogP contribution in [-0.2, 0) is 14.8 Å². The first-order valence-electron chi connectivity index (χ1n) is 7.78. The number of anilines is 2. The molecular formula is C16H15Cl3N4O3S. The van der Waals surface area contributed by atoms with Crippen LogP contribution in [0, 0.1) is 5.92 Å². The summed E-state index contributed by atoms with van der Waals surface area (Å²) in [6, 6.07) is 10.8. The highest BCUT2D eigenvalue weighted by atomic mass is 35.5. The molecule has 1 saturated heterocycles. The third-order valence-corrected chi connectivity index (χ3v) is 6.52.